The van der Waals surface area contributed by atoms with Crippen molar-refractivity contribution in [3.8, 4) is 0 Å². The van der Waals surface area contributed by atoms with Crippen molar-refractivity contribution in [2.75, 3.05) is 25.9 Å². The molecule has 1 aromatic rings. The van der Waals surface area contributed by atoms with E-state index in [1.165, 1.54) is 22.7 Å². The van der Waals surface area contributed by atoms with Crippen LogP contribution in [-0.2, 0) is 4.79 Å². The van der Waals surface area contributed by atoms with Crippen molar-refractivity contribution < 1.29 is 14.0 Å². The second-order valence-electron chi connectivity index (χ2n) is 4.62. The lowest BCUT2D eigenvalue weighted by Crippen LogP contribution is -2.55. The van der Waals surface area contributed by atoms with Crippen LogP contribution in [0.25, 0.3) is 0 Å². The number of halogens is 1. The van der Waals surface area contributed by atoms with Gasteiger partial charge in [-0.25, -0.2) is 4.39 Å². The van der Waals surface area contributed by atoms with Crippen molar-refractivity contribution >= 4 is 23.6 Å². The molecule has 0 atom stereocenters. The van der Waals surface area contributed by atoms with Gasteiger partial charge in [0.25, 0.3) is 5.91 Å². The first kappa shape index (κ1) is 14.8. The third-order valence-corrected chi connectivity index (χ3v) is 4.08. The number of nitrogens with zero attached hydrogens (tertiary/aromatic N) is 1. The molecule has 2 rings (SSSR count). The topological polar surface area (TPSA) is 49.4 Å². The van der Waals surface area contributed by atoms with Gasteiger partial charge in [0.15, 0.2) is 0 Å². The number of carbonyl (C=O) groups excluding carboxylic acids is 2. The Morgan fingerprint density at radius 2 is 2.15 bits per heavy atom. The molecule has 2 amide bonds. The largest absolute Gasteiger partial charge is 0.356 e. The molecule has 0 aliphatic carbocycles. The Kier molecular flexibility index (Phi) is 4.65. The number of amides is 2. The lowest BCUT2D eigenvalue weighted by Gasteiger charge is -2.38. The SMILES string of the molecule is CCNC(=O)C1CN(C(=O)c2c(F)cccc2SC)C1. The van der Waals surface area contributed by atoms with Gasteiger partial charge in [0.05, 0.1) is 11.5 Å². The van der Waals surface area contributed by atoms with Crippen LogP contribution in [0, 0.1) is 11.7 Å². The summed E-state index contributed by atoms with van der Waals surface area (Å²) in [5, 5.41) is 2.73. The molecule has 108 valence electrons. The summed E-state index contributed by atoms with van der Waals surface area (Å²) in [7, 11) is 0. The van der Waals surface area contributed by atoms with Crippen LogP contribution >= 0.6 is 11.8 Å². The van der Waals surface area contributed by atoms with Gasteiger partial charge < -0.3 is 10.2 Å². The third-order valence-electron chi connectivity index (χ3n) is 3.30. The van der Waals surface area contributed by atoms with Crippen molar-refractivity contribution in [1.29, 1.82) is 0 Å². The smallest absolute Gasteiger partial charge is 0.258 e. The molecule has 0 unspecified atom stereocenters. The van der Waals surface area contributed by atoms with Crippen molar-refractivity contribution in [3.63, 3.8) is 0 Å². The lowest BCUT2D eigenvalue weighted by atomic mass is 9.97. The van der Waals surface area contributed by atoms with E-state index in [0.29, 0.717) is 24.5 Å². The summed E-state index contributed by atoms with van der Waals surface area (Å²) in [6, 6.07) is 4.60. The molecule has 1 N–H and O–H groups in total. The third kappa shape index (κ3) is 2.80. The number of hydrogen-bond donors (Lipinski definition) is 1. The van der Waals surface area contributed by atoms with Gasteiger partial charge in [0.2, 0.25) is 5.91 Å². The Bertz CT molecular complexity index is 530. The van der Waals surface area contributed by atoms with E-state index in [2.05, 4.69) is 5.32 Å². The van der Waals surface area contributed by atoms with E-state index >= 15 is 0 Å². The zero-order valence-electron chi connectivity index (χ0n) is 11.5. The highest BCUT2D eigenvalue weighted by Crippen LogP contribution is 2.27. The Morgan fingerprint density at radius 3 is 2.75 bits per heavy atom. The number of rotatable bonds is 4. The van der Waals surface area contributed by atoms with Crippen LogP contribution in [0.5, 0.6) is 0 Å². The van der Waals surface area contributed by atoms with Gasteiger partial charge in [-0.1, -0.05) is 6.07 Å². The fraction of sp³-hybridized carbons (Fsp3) is 0.429. The van der Waals surface area contributed by atoms with Gasteiger partial charge in [0.1, 0.15) is 5.82 Å². The molecule has 4 nitrogen and oxygen atoms in total. The molecule has 1 saturated heterocycles. The standard InChI is InChI=1S/C14H17FN2O2S/c1-3-16-13(18)9-7-17(8-9)14(19)12-10(15)5-4-6-11(12)20-2/h4-6,9H,3,7-8H2,1-2H3,(H,16,18). The molecule has 1 aliphatic rings. The van der Waals surface area contributed by atoms with E-state index in [0.717, 1.165) is 0 Å². The summed E-state index contributed by atoms with van der Waals surface area (Å²) >= 11 is 1.34. The van der Waals surface area contributed by atoms with Crippen LogP contribution in [-0.4, -0.2) is 42.6 Å². The van der Waals surface area contributed by atoms with E-state index in [1.807, 2.05) is 6.92 Å². The molecule has 1 fully saturated rings. The minimum atomic E-state index is -0.511. The van der Waals surface area contributed by atoms with Gasteiger partial charge in [-0.3, -0.25) is 9.59 Å². The predicted octanol–water partition coefficient (Wildman–Crippen LogP) is 1.76. The minimum absolute atomic E-state index is 0.0461. The number of nitrogens with one attached hydrogen (secondary N) is 1. The fourth-order valence-corrected chi connectivity index (χ4v) is 2.77. The van der Waals surface area contributed by atoms with Crippen LogP contribution in [0.4, 0.5) is 4.39 Å². The van der Waals surface area contributed by atoms with Gasteiger partial charge >= 0.3 is 0 Å². The number of carbonyl (C=O) groups is 2. The number of benzene rings is 1. The molecule has 0 saturated carbocycles. The first-order valence-corrected chi connectivity index (χ1v) is 7.70. The van der Waals surface area contributed by atoms with E-state index in [4.69, 9.17) is 0 Å². The average Bonchev–Trinajstić information content (AvgIpc) is 2.36. The summed E-state index contributed by atoms with van der Waals surface area (Å²) in [4.78, 5) is 26.0. The zero-order valence-corrected chi connectivity index (χ0v) is 12.3. The summed E-state index contributed by atoms with van der Waals surface area (Å²) in [6.45, 7) is 3.14. The van der Waals surface area contributed by atoms with E-state index in [1.54, 1.807) is 18.4 Å². The van der Waals surface area contributed by atoms with Crippen LogP contribution in [0.2, 0.25) is 0 Å². The van der Waals surface area contributed by atoms with Crippen LogP contribution in [0.3, 0.4) is 0 Å². The monoisotopic (exact) mass is 296 g/mol. The van der Waals surface area contributed by atoms with Crippen molar-refractivity contribution in [3.05, 3.63) is 29.6 Å². The zero-order chi connectivity index (χ0) is 14.7. The normalized spacial score (nSPS) is 14.8. The number of thioether (sulfide) groups is 1. The predicted molar refractivity (Wildman–Crippen MR) is 76.3 cm³/mol. The molecule has 0 radical (unpaired) electrons. The summed E-state index contributed by atoms with van der Waals surface area (Å²) in [6.07, 6.45) is 1.80. The van der Waals surface area contributed by atoms with E-state index in [9.17, 15) is 14.0 Å². The summed E-state index contributed by atoms with van der Waals surface area (Å²) in [5.41, 5.74) is 0.106. The van der Waals surface area contributed by atoms with E-state index < -0.39 is 5.82 Å². The molecule has 1 heterocycles. The lowest BCUT2D eigenvalue weighted by molar-refractivity contribution is -0.128. The van der Waals surface area contributed by atoms with Crippen molar-refractivity contribution in [1.82, 2.24) is 10.2 Å². The Morgan fingerprint density at radius 1 is 1.45 bits per heavy atom. The Labute approximate surface area is 121 Å². The highest BCUT2D eigenvalue weighted by atomic mass is 32.2. The first-order chi connectivity index (χ1) is 9.58. The van der Waals surface area contributed by atoms with Crippen LogP contribution in [0.1, 0.15) is 17.3 Å². The maximum Gasteiger partial charge on any atom is 0.258 e. The summed E-state index contributed by atoms with van der Waals surface area (Å²) in [5.74, 6) is -1.07. The molecule has 1 aliphatic heterocycles. The van der Waals surface area contributed by atoms with E-state index in [-0.39, 0.29) is 23.3 Å². The van der Waals surface area contributed by atoms with Crippen molar-refractivity contribution in [2.45, 2.75) is 11.8 Å². The summed E-state index contributed by atoms with van der Waals surface area (Å²) < 4.78 is 13.8. The average molecular weight is 296 g/mol. The Balaban J connectivity index is 2.06. The first-order valence-electron chi connectivity index (χ1n) is 6.48. The second-order valence-corrected chi connectivity index (χ2v) is 5.47. The minimum Gasteiger partial charge on any atom is -0.356 e. The molecule has 6 heteroatoms. The Hall–Kier alpha value is -1.56. The number of hydrogen-bond acceptors (Lipinski definition) is 3. The number of likely N-dealkylation sites (tertiary alicyclic amines) is 1. The van der Waals surface area contributed by atoms with Gasteiger partial charge in [0, 0.05) is 24.5 Å². The maximum absolute atomic E-state index is 13.8. The highest BCUT2D eigenvalue weighted by Gasteiger charge is 2.37. The molecule has 0 aromatic heterocycles. The quantitative estimate of drug-likeness (QED) is 0.861. The fourth-order valence-electron chi connectivity index (χ4n) is 2.17. The molecule has 20 heavy (non-hydrogen) atoms. The maximum atomic E-state index is 13.8. The van der Waals surface area contributed by atoms with Crippen molar-refractivity contribution in [2.24, 2.45) is 5.92 Å². The van der Waals surface area contributed by atoms with Gasteiger partial charge in [-0.2, -0.15) is 0 Å². The molecule has 1 aromatic carbocycles. The van der Waals surface area contributed by atoms with Crippen LogP contribution in [0.15, 0.2) is 23.1 Å². The van der Waals surface area contributed by atoms with Gasteiger partial charge in [-0.05, 0) is 25.3 Å². The molecular formula is C14H17FN2O2S. The molecular weight excluding hydrogens is 279 g/mol. The van der Waals surface area contributed by atoms with Gasteiger partial charge in [-0.15, -0.1) is 11.8 Å². The molecule has 0 bridgehead atoms. The second kappa shape index (κ2) is 6.26. The van der Waals surface area contributed by atoms with Crippen LogP contribution < -0.4 is 5.32 Å². The molecule has 0 spiro atoms. The highest BCUT2D eigenvalue weighted by molar-refractivity contribution is 7.98.